The summed E-state index contributed by atoms with van der Waals surface area (Å²) < 4.78 is 28.6. The van der Waals surface area contributed by atoms with Gasteiger partial charge in [-0.05, 0) is 19.1 Å². The predicted molar refractivity (Wildman–Crippen MR) is 61.0 cm³/mol. The van der Waals surface area contributed by atoms with E-state index in [1.807, 2.05) is 6.92 Å². The van der Waals surface area contributed by atoms with E-state index in [1.165, 1.54) is 40.2 Å². The number of aromatic nitrogens is 3. The van der Waals surface area contributed by atoms with Crippen molar-refractivity contribution in [3.05, 3.63) is 41.0 Å². The van der Waals surface area contributed by atoms with Crippen molar-refractivity contribution >= 4 is 16.3 Å². The Morgan fingerprint density at radius 1 is 1.24 bits per heavy atom. The van der Waals surface area contributed by atoms with Gasteiger partial charge in [0.2, 0.25) is 4.96 Å². The number of nitrogens with zero attached hydrogens (tertiary/aromatic N) is 3. The van der Waals surface area contributed by atoms with Crippen LogP contribution in [0.4, 0.5) is 8.78 Å². The van der Waals surface area contributed by atoms with Gasteiger partial charge in [-0.25, -0.2) is 18.3 Å². The molecule has 0 aliphatic rings. The summed E-state index contributed by atoms with van der Waals surface area (Å²) in [5.41, 5.74) is 0.155. The lowest BCUT2D eigenvalue weighted by Crippen LogP contribution is -1.89. The highest BCUT2D eigenvalue weighted by molar-refractivity contribution is 7.16. The van der Waals surface area contributed by atoms with E-state index >= 15 is 0 Å². The molecule has 3 rings (SSSR count). The zero-order chi connectivity index (χ0) is 12.0. The molecule has 6 heteroatoms. The molecule has 0 unspecified atom stereocenters. The molecule has 2 heterocycles. The van der Waals surface area contributed by atoms with Crippen LogP contribution in [0, 0.1) is 18.6 Å². The van der Waals surface area contributed by atoms with Crippen LogP contribution < -0.4 is 0 Å². The van der Waals surface area contributed by atoms with Crippen molar-refractivity contribution in [3.63, 3.8) is 0 Å². The molecule has 17 heavy (non-hydrogen) atoms. The zero-order valence-corrected chi connectivity index (χ0v) is 9.63. The van der Waals surface area contributed by atoms with Crippen molar-refractivity contribution < 1.29 is 8.78 Å². The second-order valence-corrected chi connectivity index (χ2v) is 4.73. The number of benzene rings is 1. The van der Waals surface area contributed by atoms with Crippen LogP contribution in [0.5, 0.6) is 0 Å². The van der Waals surface area contributed by atoms with E-state index in [1.54, 1.807) is 0 Å². The van der Waals surface area contributed by atoms with Gasteiger partial charge in [0.25, 0.3) is 0 Å². The molecule has 3 aromatic rings. The van der Waals surface area contributed by atoms with E-state index in [2.05, 4.69) is 10.1 Å². The molecular formula is C11H7F2N3S. The molecular weight excluding hydrogens is 244 g/mol. The van der Waals surface area contributed by atoms with E-state index in [4.69, 9.17) is 0 Å². The second kappa shape index (κ2) is 3.59. The molecule has 2 aromatic heterocycles. The maximum atomic E-state index is 13.5. The molecule has 86 valence electrons. The molecule has 0 aliphatic heterocycles. The Bertz CT molecular complexity index is 650. The monoisotopic (exact) mass is 251 g/mol. The van der Waals surface area contributed by atoms with Crippen LogP contribution in [0.15, 0.2) is 24.4 Å². The first kappa shape index (κ1) is 10.3. The van der Waals surface area contributed by atoms with E-state index in [0.717, 1.165) is 5.01 Å². The SMILES string of the molecule is Cc1nn2cc(-c3c(F)cccc3F)nc2s1. The number of rotatable bonds is 1. The average molecular weight is 251 g/mol. The van der Waals surface area contributed by atoms with Gasteiger partial charge >= 0.3 is 0 Å². The Morgan fingerprint density at radius 2 is 1.94 bits per heavy atom. The minimum atomic E-state index is -0.618. The Hall–Kier alpha value is -1.82. The van der Waals surface area contributed by atoms with Gasteiger partial charge in [-0.1, -0.05) is 17.4 Å². The number of hydrogen-bond acceptors (Lipinski definition) is 3. The molecule has 0 aliphatic carbocycles. The van der Waals surface area contributed by atoms with Crippen molar-refractivity contribution in [2.75, 3.05) is 0 Å². The van der Waals surface area contributed by atoms with Crippen LogP contribution in [0.2, 0.25) is 0 Å². The standard InChI is InChI=1S/C11H7F2N3S/c1-6-15-16-5-9(14-11(16)17-6)10-7(12)3-2-4-8(10)13/h2-5H,1H3. The third kappa shape index (κ3) is 1.61. The molecule has 0 saturated carbocycles. The van der Waals surface area contributed by atoms with Crippen LogP contribution in [0.25, 0.3) is 16.2 Å². The Balaban J connectivity index is 2.23. The van der Waals surface area contributed by atoms with Gasteiger partial charge in [0.15, 0.2) is 0 Å². The lowest BCUT2D eigenvalue weighted by molar-refractivity contribution is 0.589. The summed E-state index contributed by atoms with van der Waals surface area (Å²) in [5, 5.41) is 5.00. The fourth-order valence-electron chi connectivity index (χ4n) is 1.66. The highest BCUT2D eigenvalue weighted by Gasteiger charge is 2.15. The average Bonchev–Trinajstić information content (AvgIpc) is 2.74. The maximum Gasteiger partial charge on any atom is 0.212 e. The largest absolute Gasteiger partial charge is 0.217 e. The minimum absolute atomic E-state index is 0.108. The second-order valence-electron chi connectivity index (χ2n) is 3.57. The summed E-state index contributed by atoms with van der Waals surface area (Å²) in [6.07, 6.45) is 1.53. The summed E-state index contributed by atoms with van der Waals surface area (Å²) in [6.45, 7) is 1.85. The number of imidazole rings is 1. The highest BCUT2D eigenvalue weighted by atomic mass is 32.1. The number of hydrogen-bond donors (Lipinski definition) is 0. The highest BCUT2D eigenvalue weighted by Crippen LogP contribution is 2.26. The summed E-state index contributed by atoms with van der Waals surface area (Å²) in [4.78, 5) is 4.79. The van der Waals surface area contributed by atoms with Crippen LogP contribution in [-0.2, 0) is 0 Å². The normalized spacial score (nSPS) is 11.2. The van der Waals surface area contributed by atoms with Gasteiger partial charge in [-0.2, -0.15) is 5.10 Å². The quantitative estimate of drug-likeness (QED) is 0.665. The molecule has 0 fully saturated rings. The Kier molecular flexibility index (Phi) is 2.19. The van der Waals surface area contributed by atoms with Crippen LogP contribution in [-0.4, -0.2) is 14.6 Å². The van der Waals surface area contributed by atoms with Gasteiger partial charge in [0, 0.05) is 0 Å². The molecule has 0 atom stereocenters. The van der Waals surface area contributed by atoms with E-state index in [0.29, 0.717) is 4.96 Å². The first-order valence-corrected chi connectivity index (χ1v) is 5.74. The Morgan fingerprint density at radius 3 is 2.59 bits per heavy atom. The van der Waals surface area contributed by atoms with Gasteiger partial charge < -0.3 is 0 Å². The third-order valence-corrected chi connectivity index (χ3v) is 3.20. The molecule has 0 amide bonds. The van der Waals surface area contributed by atoms with Crippen molar-refractivity contribution in [1.29, 1.82) is 0 Å². The lowest BCUT2D eigenvalue weighted by atomic mass is 10.1. The molecule has 0 radical (unpaired) electrons. The van der Waals surface area contributed by atoms with Crippen LogP contribution in [0.1, 0.15) is 5.01 Å². The van der Waals surface area contributed by atoms with Crippen LogP contribution in [0.3, 0.4) is 0 Å². The molecule has 0 spiro atoms. The van der Waals surface area contributed by atoms with Crippen molar-refractivity contribution in [2.24, 2.45) is 0 Å². The van der Waals surface area contributed by atoms with Crippen LogP contribution >= 0.6 is 11.3 Å². The Labute approximate surface area is 99.4 Å². The summed E-state index contributed by atoms with van der Waals surface area (Å²) in [6, 6.07) is 3.75. The fourth-order valence-corrected chi connectivity index (χ4v) is 2.39. The third-order valence-electron chi connectivity index (χ3n) is 2.36. The number of aryl methyl sites for hydroxylation is 1. The molecule has 0 saturated heterocycles. The lowest BCUT2D eigenvalue weighted by Gasteiger charge is -1.99. The minimum Gasteiger partial charge on any atom is -0.217 e. The van der Waals surface area contributed by atoms with E-state index in [-0.39, 0.29) is 11.3 Å². The van der Waals surface area contributed by atoms with Gasteiger partial charge in [0.05, 0.1) is 17.5 Å². The van der Waals surface area contributed by atoms with Gasteiger partial charge in [-0.3, -0.25) is 0 Å². The molecule has 1 aromatic carbocycles. The van der Waals surface area contributed by atoms with Crippen molar-refractivity contribution in [2.45, 2.75) is 6.92 Å². The van der Waals surface area contributed by atoms with Crippen molar-refractivity contribution in [1.82, 2.24) is 14.6 Å². The van der Waals surface area contributed by atoms with Crippen molar-refractivity contribution in [3.8, 4) is 11.3 Å². The summed E-state index contributed by atoms with van der Waals surface area (Å²) in [5.74, 6) is -1.24. The summed E-state index contributed by atoms with van der Waals surface area (Å²) in [7, 11) is 0. The first-order valence-electron chi connectivity index (χ1n) is 4.92. The maximum absolute atomic E-state index is 13.5. The molecule has 3 nitrogen and oxygen atoms in total. The van der Waals surface area contributed by atoms with E-state index < -0.39 is 11.6 Å². The zero-order valence-electron chi connectivity index (χ0n) is 8.82. The topological polar surface area (TPSA) is 30.2 Å². The fraction of sp³-hybridized carbons (Fsp3) is 0.0909. The van der Waals surface area contributed by atoms with Gasteiger partial charge in [-0.15, -0.1) is 0 Å². The van der Waals surface area contributed by atoms with E-state index in [9.17, 15) is 8.78 Å². The number of fused-ring (bicyclic) bond motifs is 1. The van der Waals surface area contributed by atoms with Gasteiger partial charge in [0.1, 0.15) is 16.6 Å². The summed E-state index contributed by atoms with van der Waals surface area (Å²) >= 11 is 1.38. The molecule has 0 N–H and O–H groups in total. The smallest absolute Gasteiger partial charge is 0.212 e. The first-order chi connectivity index (χ1) is 8.15. The predicted octanol–water partition coefficient (Wildman–Crippen LogP) is 3.04. The molecule has 0 bridgehead atoms. The number of halogens is 2.